The van der Waals surface area contributed by atoms with Crippen molar-refractivity contribution in [1.29, 1.82) is 5.26 Å². The van der Waals surface area contributed by atoms with Gasteiger partial charge in [-0.15, -0.1) is 0 Å². The van der Waals surface area contributed by atoms with Gasteiger partial charge in [0.1, 0.15) is 0 Å². The summed E-state index contributed by atoms with van der Waals surface area (Å²) in [5.74, 6) is 0. The molecule has 0 spiro atoms. The number of rotatable bonds is 2. The predicted octanol–water partition coefficient (Wildman–Crippen LogP) is 2.36. The Morgan fingerprint density at radius 1 is 1.42 bits per heavy atom. The molecule has 1 aromatic rings. The number of fused-ring (bicyclic) bond motifs is 1. The Hall–Kier alpha value is -2.35. The molecule has 98 valence electrons. The molecule has 0 bridgehead atoms. The maximum atomic E-state index is 12.3. The third-order valence-electron chi connectivity index (χ3n) is 3.21. The van der Waals surface area contributed by atoms with Gasteiger partial charge in [0.2, 0.25) is 0 Å². The second-order valence-electron chi connectivity index (χ2n) is 4.20. The van der Waals surface area contributed by atoms with Crippen LogP contribution in [0.4, 0.5) is 4.79 Å². The van der Waals surface area contributed by atoms with E-state index < -0.39 is 6.04 Å². The summed E-state index contributed by atoms with van der Waals surface area (Å²) < 4.78 is 0. The average Bonchev–Trinajstić information content (AvgIpc) is 2.47. The summed E-state index contributed by atoms with van der Waals surface area (Å²) in [5, 5.41) is 14.7. The summed E-state index contributed by atoms with van der Waals surface area (Å²) in [5.41, 5.74) is 1.71. The van der Waals surface area contributed by atoms with Crippen molar-refractivity contribution in [3.8, 4) is 6.07 Å². The van der Waals surface area contributed by atoms with Crippen molar-refractivity contribution in [3.63, 3.8) is 0 Å². The molecule has 0 N–H and O–H groups in total. The maximum absolute atomic E-state index is 12.3. The van der Waals surface area contributed by atoms with Crippen LogP contribution in [0.15, 0.2) is 29.4 Å². The molecule has 2 amide bonds. The van der Waals surface area contributed by atoms with E-state index in [0.717, 1.165) is 11.1 Å². The summed E-state index contributed by atoms with van der Waals surface area (Å²) >= 11 is 0. The number of carbonyl (C=O) groups is 1. The highest BCUT2D eigenvalue weighted by atomic mass is 16.2. The van der Waals surface area contributed by atoms with Gasteiger partial charge >= 0.3 is 6.03 Å². The summed E-state index contributed by atoms with van der Waals surface area (Å²) in [6, 6.07) is 8.77. The molecule has 5 nitrogen and oxygen atoms in total. The zero-order chi connectivity index (χ0) is 13.8. The molecule has 2 rings (SSSR count). The maximum Gasteiger partial charge on any atom is 0.341 e. The van der Waals surface area contributed by atoms with E-state index in [9.17, 15) is 10.1 Å². The zero-order valence-corrected chi connectivity index (χ0v) is 11.1. The van der Waals surface area contributed by atoms with Crippen molar-refractivity contribution < 1.29 is 4.79 Å². The topological polar surface area (TPSA) is 59.7 Å². The molecule has 1 unspecified atom stereocenters. The number of amides is 2. The number of urea groups is 1. The van der Waals surface area contributed by atoms with Gasteiger partial charge in [0.15, 0.2) is 6.04 Å². The van der Waals surface area contributed by atoms with Gasteiger partial charge in [-0.2, -0.15) is 15.4 Å². The Morgan fingerprint density at radius 2 is 2.11 bits per heavy atom. The van der Waals surface area contributed by atoms with Crippen molar-refractivity contribution >= 4 is 12.2 Å². The molecule has 0 aliphatic carbocycles. The molecule has 19 heavy (non-hydrogen) atoms. The quantitative estimate of drug-likeness (QED) is 0.815. The Morgan fingerprint density at radius 3 is 2.74 bits per heavy atom. The fourth-order valence-electron chi connectivity index (χ4n) is 2.12. The molecule has 0 fully saturated rings. The van der Waals surface area contributed by atoms with Crippen LogP contribution >= 0.6 is 0 Å². The second kappa shape index (κ2) is 5.53. The minimum absolute atomic E-state index is 0.234. The van der Waals surface area contributed by atoms with Crippen LogP contribution in [0.2, 0.25) is 0 Å². The minimum Gasteiger partial charge on any atom is -0.324 e. The Balaban J connectivity index is 2.35. The highest BCUT2D eigenvalue weighted by Crippen LogP contribution is 2.27. The highest BCUT2D eigenvalue weighted by Gasteiger charge is 2.31. The zero-order valence-electron chi connectivity index (χ0n) is 11.1. The molecule has 1 aliphatic rings. The van der Waals surface area contributed by atoms with E-state index in [1.807, 2.05) is 38.1 Å². The standard InChI is InChI=1S/C14H16N4O/c1-3-17(4-2)14(19)18-13(9-15)12-8-6-5-7-11(12)10-16-18/h5-8,10,13H,3-4H2,1-2H3. The molecule has 0 saturated heterocycles. The van der Waals surface area contributed by atoms with E-state index in [0.29, 0.717) is 13.1 Å². The summed E-state index contributed by atoms with van der Waals surface area (Å²) in [6.45, 7) is 5.01. The number of hydrogen-bond acceptors (Lipinski definition) is 3. The number of benzene rings is 1. The molecule has 1 aromatic carbocycles. The highest BCUT2D eigenvalue weighted by molar-refractivity contribution is 5.86. The van der Waals surface area contributed by atoms with E-state index in [-0.39, 0.29) is 6.03 Å². The third kappa shape index (κ3) is 2.29. The van der Waals surface area contributed by atoms with Crippen LogP contribution in [0, 0.1) is 11.3 Å². The molecule has 1 atom stereocenters. The molecule has 0 radical (unpaired) electrons. The summed E-state index contributed by atoms with van der Waals surface area (Å²) in [4.78, 5) is 14.0. The lowest BCUT2D eigenvalue weighted by Gasteiger charge is -2.31. The van der Waals surface area contributed by atoms with Gasteiger partial charge in [-0.25, -0.2) is 4.79 Å². The van der Waals surface area contributed by atoms with Crippen LogP contribution in [-0.4, -0.2) is 35.2 Å². The minimum atomic E-state index is -0.658. The van der Waals surface area contributed by atoms with E-state index in [1.54, 1.807) is 11.1 Å². The van der Waals surface area contributed by atoms with E-state index in [4.69, 9.17) is 0 Å². The van der Waals surface area contributed by atoms with Crippen LogP contribution in [0.1, 0.15) is 31.0 Å². The van der Waals surface area contributed by atoms with Gasteiger partial charge in [-0.3, -0.25) is 0 Å². The van der Waals surface area contributed by atoms with Crippen LogP contribution in [-0.2, 0) is 0 Å². The lowest BCUT2D eigenvalue weighted by atomic mass is 10.0. The van der Waals surface area contributed by atoms with Gasteiger partial charge in [0.25, 0.3) is 0 Å². The first-order valence-electron chi connectivity index (χ1n) is 6.33. The third-order valence-corrected chi connectivity index (χ3v) is 3.21. The van der Waals surface area contributed by atoms with Crippen molar-refractivity contribution in [1.82, 2.24) is 9.91 Å². The number of hydrazone groups is 1. The molecule has 0 aromatic heterocycles. The smallest absolute Gasteiger partial charge is 0.324 e. The lowest BCUT2D eigenvalue weighted by Crippen LogP contribution is -2.43. The summed E-state index contributed by atoms with van der Waals surface area (Å²) in [6.07, 6.45) is 1.63. The number of carbonyl (C=O) groups excluding carboxylic acids is 1. The van der Waals surface area contributed by atoms with E-state index in [1.165, 1.54) is 5.01 Å². The normalized spacial score (nSPS) is 16.7. The molecular formula is C14H16N4O. The van der Waals surface area contributed by atoms with Crippen LogP contribution < -0.4 is 0 Å². The lowest BCUT2D eigenvalue weighted by molar-refractivity contribution is 0.149. The largest absolute Gasteiger partial charge is 0.341 e. The van der Waals surface area contributed by atoms with Crippen LogP contribution in [0.25, 0.3) is 0 Å². The van der Waals surface area contributed by atoms with Crippen LogP contribution in [0.5, 0.6) is 0 Å². The Bertz CT molecular complexity index is 543. The number of nitrogens with zero attached hydrogens (tertiary/aromatic N) is 4. The first-order valence-corrected chi connectivity index (χ1v) is 6.33. The fraction of sp³-hybridized carbons (Fsp3) is 0.357. The first-order chi connectivity index (χ1) is 9.22. The van der Waals surface area contributed by atoms with Gasteiger partial charge in [0, 0.05) is 18.7 Å². The molecule has 1 aliphatic heterocycles. The predicted molar refractivity (Wildman–Crippen MR) is 72.5 cm³/mol. The van der Waals surface area contributed by atoms with Crippen molar-refractivity contribution in [2.24, 2.45) is 5.10 Å². The van der Waals surface area contributed by atoms with Gasteiger partial charge in [-0.05, 0) is 19.4 Å². The molecule has 1 heterocycles. The average molecular weight is 256 g/mol. The molecule has 0 saturated carbocycles. The number of hydrogen-bond donors (Lipinski definition) is 0. The van der Waals surface area contributed by atoms with Crippen molar-refractivity contribution in [2.75, 3.05) is 13.1 Å². The van der Waals surface area contributed by atoms with Crippen molar-refractivity contribution in [2.45, 2.75) is 19.9 Å². The second-order valence-corrected chi connectivity index (χ2v) is 4.20. The fourth-order valence-corrected chi connectivity index (χ4v) is 2.12. The van der Waals surface area contributed by atoms with E-state index in [2.05, 4.69) is 11.2 Å². The number of nitriles is 1. The Labute approximate surface area is 112 Å². The van der Waals surface area contributed by atoms with Gasteiger partial charge in [0.05, 0.1) is 12.3 Å². The summed E-state index contributed by atoms with van der Waals surface area (Å²) in [7, 11) is 0. The van der Waals surface area contributed by atoms with Crippen molar-refractivity contribution in [3.05, 3.63) is 35.4 Å². The Kier molecular flexibility index (Phi) is 3.81. The van der Waals surface area contributed by atoms with E-state index >= 15 is 0 Å². The SMILES string of the molecule is CCN(CC)C(=O)N1N=Cc2ccccc2C1C#N. The van der Waals surface area contributed by atoms with Crippen LogP contribution in [0.3, 0.4) is 0 Å². The first kappa shape index (κ1) is 13.1. The van der Waals surface area contributed by atoms with Gasteiger partial charge < -0.3 is 4.90 Å². The molecule has 5 heteroatoms. The monoisotopic (exact) mass is 256 g/mol. The molecular weight excluding hydrogens is 240 g/mol. The van der Waals surface area contributed by atoms with Gasteiger partial charge in [-0.1, -0.05) is 24.3 Å².